The Morgan fingerprint density at radius 1 is 1.25 bits per heavy atom. The van der Waals surface area contributed by atoms with E-state index in [2.05, 4.69) is 24.0 Å². The molecule has 4 unspecified atom stereocenters. The molecule has 2 aliphatic heterocycles. The molecule has 0 aromatic heterocycles. The lowest BCUT2D eigenvalue weighted by Gasteiger charge is -2.47. The maximum Gasteiger partial charge on any atom is 0.306 e. The second-order valence-electron chi connectivity index (χ2n) is 8.47. The van der Waals surface area contributed by atoms with E-state index in [1.165, 1.54) is 0 Å². The highest BCUT2D eigenvalue weighted by atomic mass is 16.4. The lowest BCUT2D eigenvalue weighted by molar-refractivity contribution is -0.153. The SMILES string of the molecule is Cc1cccc2c1NNN2C(C)CC(=O)N1CCC(C(=O)O)C2CCCCC21. The number of aryl methyl sites for hydroxylation is 1. The van der Waals surface area contributed by atoms with Crippen LogP contribution in [0.4, 0.5) is 11.4 Å². The number of likely N-dealkylation sites (tertiary alicyclic amines) is 1. The number of amides is 1. The molecule has 0 bridgehead atoms. The van der Waals surface area contributed by atoms with Crippen molar-refractivity contribution in [2.24, 2.45) is 11.8 Å². The van der Waals surface area contributed by atoms with Gasteiger partial charge in [-0.25, -0.2) is 0 Å². The largest absolute Gasteiger partial charge is 0.481 e. The minimum absolute atomic E-state index is 0.0118. The third-order valence-electron chi connectivity index (χ3n) is 6.74. The molecule has 1 aliphatic carbocycles. The topological polar surface area (TPSA) is 84.9 Å². The summed E-state index contributed by atoms with van der Waals surface area (Å²) in [4.78, 5) is 26.8. The van der Waals surface area contributed by atoms with Crippen LogP contribution in [0.25, 0.3) is 0 Å². The maximum absolute atomic E-state index is 13.2. The van der Waals surface area contributed by atoms with Crippen LogP contribution in [0.15, 0.2) is 18.2 Å². The first kappa shape index (κ1) is 19.1. The van der Waals surface area contributed by atoms with E-state index in [1.54, 1.807) is 0 Å². The summed E-state index contributed by atoms with van der Waals surface area (Å²) in [7, 11) is 0. The van der Waals surface area contributed by atoms with Gasteiger partial charge in [-0.05, 0) is 50.7 Å². The summed E-state index contributed by atoms with van der Waals surface area (Å²) in [6, 6.07) is 6.20. The Morgan fingerprint density at radius 2 is 2.04 bits per heavy atom. The number of piperidine rings is 1. The molecular weight excluding hydrogens is 356 g/mol. The first-order chi connectivity index (χ1) is 13.5. The Hall–Kier alpha value is -2.28. The predicted molar refractivity (Wildman–Crippen MR) is 108 cm³/mol. The fourth-order valence-electron chi connectivity index (χ4n) is 5.27. The highest BCUT2D eigenvalue weighted by Gasteiger charge is 2.44. The third kappa shape index (κ3) is 3.32. The minimum atomic E-state index is -0.698. The molecule has 0 radical (unpaired) electrons. The molecule has 3 aliphatic rings. The zero-order valence-corrected chi connectivity index (χ0v) is 16.6. The predicted octanol–water partition coefficient (Wildman–Crippen LogP) is 2.92. The summed E-state index contributed by atoms with van der Waals surface area (Å²) in [5.41, 5.74) is 9.65. The summed E-state index contributed by atoms with van der Waals surface area (Å²) in [6.07, 6.45) is 4.98. The molecule has 2 heterocycles. The van der Waals surface area contributed by atoms with Gasteiger partial charge in [0.2, 0.25) is 5.91 Å². The summed E-state index contributed by atoms with van der Waals surface area (Å²) in [5.74, 6) is -0.756. The molecule has 152 valence electrons. The maximum atomic E-state index is 13.2. The highest BCUT2D eigenvalue weighted by molar-refractivity contribution is 5.81. The van der Waals surface area contributed by atoms with Gasteiger partial charge in [0.25, 0.3) is 0 Å². The monoisotopic (exact) mass is 386 g/mol. The molecule has 2 fully saturated rings. The Kier molecular flexibility index (Phi) is 5.19. The van der Waals surface area contributed by atoms with Gasteiger partial charge in [-0.1, -0.05) is 25.0 Å². The highest BCUT2D eigenvalue weighted by Crippen LogP contribution is 2.40. The van der Waals surface area contributed by atoms with Crippen molar-refractivity contribution in [1.29, 1.82) is 0 Å². The molecule has 28 heavy (non-hydrogen) atoms. The van der Waals surface area contributed by atoms with E-state index in [-0.39, 0.29) is 29.8 Å². The molecule has 7 heteroatoms. The molecule has 1 aromatic carbocycles. The number of anilines is 2. The van der Waals surface area contributed by atoms with Crippen LogP contribution in [0.5, 0.6) is 0 Å². The normalized spacial score (nSPS) is 27.6. The molecule has 1 amide bonds. The van der Waals surface area contributed by atoms with Crippen LogP contribution in [0.3, 0.4) is 0 Å². The number of nitrogens with one attached hydrogen (secondary N) is 2. The van der Waals surface area contributed by atoms with E-state index < -0.39 is 5.97 Å². The zero-order chi connectivity index (χ0) is 19.8. The lowest BCUT2D eigenvalue weighted by atomic mass is 9.71. The van der Waals surface area contributed by atoms with Gasteiger partial charge < -0.3 is 15.4 Å². The first-order valence-electron chi connectivity index (χ1n) is 10.4. The number of carbonyl (C=O) groups excluding carboxylic acids is 1. The number of hydrogen-bond donors (Lipinski definition) is 3. The second-order valence-corrected chi connectivity index (χ2v) is 8.47. The lowest BCUT2D eigenvalue weighted by Crippen LogP contribution is -2.55. The van der Waals surface area contributed by atoms with Gasteiger partial charge in [0.05, 0.1) is 23.3 Å². The van der Waals surface area contributed by atoms with Crippen LogP contribution < -0.4 is 16.0 Å². The van der Waals surface area contributed by atoms with Crippen LogP contribution in [0, 0.1) is 18.8 Å². The van der Waals surface area contributed by atoms with E-state index >= 15 is 0 Å². The molecule has 1 saturated carbocycles. The number of hydrogen-bond acceptors (Lipinski definition) is 5. The number of carboxylic acids is 1. The Labute approximate surface area is 166 Å². The number of benzene rings is 1. The fourth-order valence-corrected chi connectivity index (χ4v) is 5.27. The van der Waals surface area contributed by atoms with E-state index in [0.717, 1.165) is 42.6 Å². The Morgan fingerprint density at radius 3 is 2.82 bits per heavy atom. The van der Waals surface area contributed by atoms with E-state index in [0.29, 0.717) is 19.4 Å². The number of para-hydroxylation sites is 1. The number of rotatable bonds is 4. The molecule has 1 saturated heterocycles. The van der Waals surface area contributed by atoms with Crippen LogP contribution in [-0.2, 0) is 9.59 Å². The summed E-state index contributed by atoms with van der Waals surface area (Å²) < 4.78 is 0. The van der Waals surface area contributed by atoms with Crippen molar-refractivity contribution < 1.29 is 14.7 Å². The molecule has 4 rings (SSSR count). The van der Waals surface area contributed by atoms with Crippen LogP contribution in [-0.4, -0.2) is 40.5 Å². The molecule has 1 aromatic rings. The van der Waals surface area contributed by atoms with Crippen molar-refractivity contribution in [3.63, 3.8) is 0 Å². The number of nitrogens with zero attached hydrogens (tertiary/aromatic N) is 2. The van der Waals surface area contributed by atoms with Crippen LogP contribution in [0.2, 0.25) is 0 Å². The van der Waals surface area contributed by atoms with Crippen molar-refractivity contribution in [2.75, 3.05) is 17.0 Å². The van der Waals surface area contributed by atoms with Crippen LogP contribution in [0.1, 0.15) is 51.0 Å². The summed E-state index contributed by atoms with van der Waals surface area (Å²) in [6.45, 7) is 4.67. The van der Waals surface area contributed by atoms with Gasteiger partial charge in [-0.2, -0.15) is 0 Å². The smallest absolute Gasteiger partial charge is 0.306 e. The third-order valence-corrected chi connectivity index (χ3v) is 6.74. The molecule has 3 N–H and O–H groups in total. The Balaban J connectivity index is 1.45. The van der Waals surface area contributed by atoms with Gasteiger partial charge in [-0.3, -0.25) is 14.6 Å². The molecule has 7 nitrogen and oxygen atoms in total. The summed E-state index contributed by atoms with van der Waals surface area (Å²) in [5, 5.41) is 11.6. The summed E-state index contributed by atoms with van der Waals surface area (Å²) >= 11 is 0. The molecule has 0 spiro atoms. The van der Waals surface area contributed by atoms with Crippen molar-refractivity contribution in [2.45, 2.75) is 64.5 Å². The van der Waals surface area contributed by atoms with Crippen molar-refractivity contribution in [1.82, 2.24) is 10.4 Å². The average Bonchev–Trinajstić information content (AvgIpc) is 3.12. The number of carbonyl (C=O) groups is 2. The number of hydrazine groups is 2. The zero-order valence-electron chi connectivity index (χ0n) is 16.6. The number of aliphatic carboxylic acids is 1. The minimum Gasteiger partial charge on any atom is -0.481 e. The van der Waals surface area contributed by atoms with E-state index in [4.69, 9.17) is 0 Å². The van der Waals surface area contributed by atoms with Crippen molar-refractivity contribution in [3.8, 4) is 0 Å². The van der Waals surface area contributed by atoms with Gasteiger partial charge in [-0.15, -0.1) is 5.53 Å². The molecular formula is C21H30N4O3. The second kappa shape index (κ2) is 7.62. The van der Waals surface area contributed by atoms with Crippen LogP contribution >= 0.6 is 0 Å². The van der Waals surface area contributed by atoms with Gasteiger partial charge >= 0.3 is 5.97 Å². The Bertz CT molecular complexity index is 768. The standard InChI is InChI=1S/C21H30N4O3/c1-13-6-5-9-18-20(13)22-23-25(18)14(2)12-19(26)24-11-10-16(21(27)28)15-7-3-4-8-17(15)24/h5-6,9,14-17,22-23H,3-4,7-8,10-12H2,1-2H3,(H,27,28). The first-order valence-corrected chi connectivity index (χ1v) is 10.4. The van der Waals surface area contributed by atoms with Crippen molar-refractivity contribution >= 4 is 23.3 Å². The van der Waals surface area contributed by atoms with Crippen molar-refractivity contribution in [3.05, 3.63) is 23.8 Å². The van der Waals surface area contributed by atoms with E-state index in [1.807, 2.05) is 29.0 Å². The van der Waals surface area contributed by atoms with Gasteiger partial charge in [0.15, 0.2) is 0 Å². The van der Waals surface area contributed by atoms with Gasteiger partial charge in [0.1, 0.15) is 0 Å². The number of carboxylic acid groups (broad SMARTS) is 1. The number of fused-ring (bicyclic) bond motifs is 2. The fraction of sp³-hybridized carbons (Fsp3) is 0.619. The average molecular weight is 386 g/mol. The van der Waals surface area contributed by atoms with E-state index in [9.17, 15) is 14.7 Å². The van der Waals surface area contributed by atoms with Gasteiger partial charge in [0, 0.05) is 19.0 Å². The molecule has 4 atom stereocenters. The quantitative estimate of drug-likeness (QED) is 0.738.